The first kappa shape index (κ1) is 34.5. The molecule has 46 heavy (non-hydrogen) atoms. The van der Waals surface area contributed by atoms with Gasteiger partial charge in [-0.3, -0.25) is 13.9 Å². The Kier molecular flexibility index (Phi) is 11.8. The summed E-state index contributed by atoms with van der Waals surface area (Å²) in [5, 5.41) is 3.47. The Morgan fingerprint density at radius 2 is 1.52 bits per heavy atom. The third-order valence-corrected chi connectivity index (χ3v) is 9.45. The Bertz CT molecular complexity index is 1730. The quantitative estimate of drug-likeness (QED) is 0.172. The van der Waals surface area contributed by atoms with Gasteiger partial charge >= 0.3 is 0 Å². The number of carbonyl (C=O) groups is 2. The van der Waals surface area contributed by atoms with E-state index in [2.05, 4.69) is 5.32 Å². The second kappa shape index (κ2) is 15.8. The van der Waals surface area contributed by atoms with Crippen molar-refractivity contribution in [2.24, 2.45) is 5.92 Å². The maximum absolute atomic E-state index is 14.6. The van der Waals surface area contributed by atoms with E-state index < -0.39 is 28.5 Å². The summed E-state index contributed by atoms with van der Waals surface area (Å²) in [7, 11) is -2.81. The minimum Gasteiger partial charge on any atom is -0.495 e. The fourth-order valence-corrected chi connectivity index (χ4v) is 6.63. The highest BCUT2D eigenvalue weighted by Gasteiger charge is 2.35. The highest BCUT2D eigenvalue weighted by molar-refractivity contribution is 7.92. The summed E-state index contributed by atoms with van der Waals surface area (Å²) in [6.45, 7) is 5.70. The fourth-order valence-electron chi connectivity index (χ4n) is 5.00. The molecule has 0 aliphatic rings. The number of rotatable bonds is 14. The van der Waals surface area contributed by atoms with Crippen LogP contribution in [0.1, 0.15) is 30.5 Å². The average molecular weight is 662 g/mol. The number of sulfonamides is 1. The monoisotopic (exact) mass is 661 g/mol. The van der Waals surface area contributed by atoms with Crippen LogP contribution in [-0.2, 0) is 32.6 Å². The van der Waals surface area contributed by atoms with Gasteiger partial charge in [0.1, 0.15) is 18.3 Å². The molecule has 0 radical (unpaired) electrons. The van der Waals surface area contributed by atoms with Crippen LogP contribution in [0.3, 0.4) is 0 Å². The molecule has 0 heterocycles. The molecule has 2 amide bonds. The predicted octanol–water partition coefficient (Wildman–Crippen LogP) is 6.26. The molecule has 10 heteroatoms. The number of hydrogen-bond acceptors (Lipinski definition) is 5. The summed E-state index contributed by atoms with van der Waals surface area (Å²) in [6.07, 6.45) is 0.219. The summed E-state index contributed by atoms with van der Waals surface area (Å²) in [4.78, 5) is 29.9. The third kappa shape index (κ3) is 8.89. The highest BCUT2D eigenvalue weighted by atomic mass is 35.5. The van der Waals surface area contributed by atoms with Gasteiger partial charge in [-0.15, -0.1) is 0 Å². The first-order valence-electron chi connectivity index (χ1n) is 15.1. The molecule has 1 atom stereocenters. The molecular weight excluding hydrogens is 622 g/mol. The molecule has 0 aromatic heterocycles. The van der Waals surface area contributed by atoms with Gasteiger partial charge in [-0.05, 0) is 60.4 Å². The lowest BCUT2D eigenvalue weighted by atomic mass is 10.0. The van der Waals surface area contributed by atoms with E-state index in [1.807, 2.05) is 57.2 Å². The second-order valence-electron chi connectivity index (χ2n) is 11.5. The standard InChI is InChI=1S/C36H40ClN3O5S/c1-26(2)23-38-36(42)33(22-28-11-6-5-7-12-28)39(24-29-13-10-14-30(37)21-29)35(41)25-40(32-15-8-9-16-34(32)45-4)46(43,44)31-19-17-27(3)18-20-31/h5-21,26,33H,22-25H2,1-4H3,(H,38,42)/t33-/m0/s1. The van der Waals surface area contributed by atoms with Crippen LogP contribution in [0.2, 0.25) is 5.02 Å². The number of ether oxygens (including phenoxy) is 1. The Morgan fingerprint density at radius 3 is 2.17 bits per heavy atom. The Hall–Kier alpha value is -4.34. The minimum atomic E-state index is -4.25. The lowest BCUT2D eigenvalue weighted by Gasteiger charge is -2.34. The Balaban J connectivity index is 1.83. The van der Waals surface area contributed by atoms with Gasteiger partial charge < -0.3 is 15.0 Å². The van der Waals surface area contributed by atoms with Crippen molar-refractivity contribution in [2.75, 3.05) is 24.5 Å². The van der Waals surface area contributed by atoms with Gasteiger partial charge in [0.15, 0.2) is 0 Å². The van der Waals surface area contributed by atoms with Crippen LogP contribution in [-0.4, -0.2) is 51.4 Å². The number of nitrogens with one attached hydrogen (secondary N) is 1. The van der Waals surface area contributed by atoms with Gasteiger partial charge in [0.05, 0.1) is 17.7 Å². The van der Waals surface area contributed by atoms with Gasteiger partial charge in [0, 0.05) is 24.5 Å². The molecule has 0 saturated heterocycles. The molecule has 0 spiro atoms. The smallest absolute Gasteiger partial charge is 0.264 e. The minimum absolute atomic E-state index is 0.0220. The molecule has 4 aromatic rings. The maximum atomic E-state index is 14.6. The predicted molar refractivity (Wildman–Crippen MR) is 182 cm³/mol. The van der Waals surface area contributed by atoms with Gasteiger partial charge in [0.2, 0.25) is 11.8 Å². The highest BCUT2D eigenvalue weighted by Crippen LogP contribution is 2.33. The molecule has 0 fully saturated rings. The number of carbonyl (C=O) groups excluding carboxylic acids is 2. The van der Waals surface area contributed by atoms with Crippen molar-refractivity contribution >= 4 is 39.1 Å². The molecule has 4 aromatic carbocycles. The number of para-hydroxylation sites is 2. The van der Waals surface area contributed by atoms with E-state index in [4.69, 9.17) is 16.3 Å². The average Bonchev–Trinajstić information content (AvgIpc) is 3.04. The van der Waals surface area contributed by atoms with Crippen molar-refractivity contribution in [1.82, 2.24) is 10.2 Å². The summed E-state index contributed by atoms with van der Waals surface area (Å²) in [5.74, 6) is -0.442. The van der Waals surface area contributed by atoms with E-state index >= 15 is 0 Å². The van der Waals surface area contributed by atoms with Crippen LogP contribution in [0.5, 0.6) is 5.75 Å². The van der Waals surface area contributed by atoms with Gasteiger partial charge in [-0.25, -0.2) is 8.42 Å². The number of anilines is 1. The van der Waals surface area contributed by atoms with E-state index in [0.29, 0.717) is 17.1 Å². The second-order valence-corrected chi connectivity index (χ2v) is 13.8. The van der Waals surface area contributed by atoms with Crippen LogP contribution >= 0.6 is 11.6 Å². The Labute approximate surface area is 277 Å². The third-order valence-electron chi connectivity index (χ3n) is 7.44. The Morgan fingerprint density at radius 1 is 0.870 bits per heavy atom. The number of nitrogens with zero attached hydrogens (tertiary/aromatic N) is 2. The van der Waals surface area contributed by atoms with E-state index in [1.54, 1.807) is 54.6 Å². The molecule has 0 aliphatic heterocycles. The topological polar surface area (TPSA) is 96.0 Å². The number of aryl methyl sites for hydroxylation is 1. The first-order chi connectivity index (χ1) is 22.0. The lowest BCUT2D eigenvalue weighted by molar-refractivity contribution is -0.140. The van der Waals surface area contributed by atoms with Crippen molar-refractivity contribution in [3.05, 3.63) is 125 Å². The first-order valence-corrected chi connectivity index (χ1v) is 16.9. The SMILES string of the molecule is COc1ccccc1N(CC(=O)N(Cc1cccc(Cl)c1)[C@@H](Cc1ccccc1)C(=O)NCC(C)C)S(=O)(=O)c1ccc(C)cc1. The number of amides is 2. The van der Waals surface area contributed by atoms with E-state index in [9.17, 15) is 18.0 Å². The zero-order valence-corrected chi connectivity index (χ0v) is 28.1. The van der Waals surface area contributed by atoms with E-state index in [-0.39, 0.29) is 41.1 Å². The van der Waals surface area contributed by atoms with Crippen molar-refractivity contribution < 1.29 is 22.7 Å². The van der Waals surface area contributed by atoms with Gasteiger partial charge in [0.25, 0.3) is 10.0 Å². The molecular formula is C36H40ClN3O5S. The number of hydrogen-bond donors (Lipinski definition) is 1. The summed E-state index contributed by atoms with van der Waals surface area (Å²) < 4.78 is 35.1. The van der Waals surface area contributed by atoms with Crippen LogP contribution in [0.25, 0.3) is 0 Å². The zero-order valence-electron chi connectivity index (χ0n) is 26.5. The van der Waals surface area contributed by atoms with Gasteiger partial charge in [-0.2, -0.15) is 0 Å². The van der Waals surface area contributed by atoms with E-state index in [1.165, 1.54) is 24.1 Å². The summed E-state index contributed by atoms with van der Waals surface area (Å²) in [5.41, 5.74) is 2.64. The molecule has 0 aliphatic carbocycles. The van der Waals surface area contributed by atoms with Crippen molar-refractivity contribution in [3.63, 3.8) is 0 Å². The number of halogens is 1. The molecule has 242 valence electrons. The van der Waals surface area contributed by atoms with E-state index in [0.717, 1.165) is 15.4 Å². The van der Waals surface area contributed by atoms with Gasteiger partial charge in [-0.1, -0.05) is 97.7 Å². The summed E-state index contributed by atoms with van der Waals surface area (Å²) >= 11 is 6.32. The van der Waals surface area contributed by atoms with Crippen molar-refractivity contribution in [3.8, 4) is 5.75 Å². The van der Waals surface area contributed by atoms with Crippen molar-refractivity contribution in [2.45, 2.75) is 44.7 Å². The maximum Gasteiger partial charge on any atom is 0.264 e. The molecule has 0 unspecified atom stereocenters. The van der Waals surface area contributed by atoms with Crippen LogP contribution in [0.4, 0.5) is 5.69 Å². The van der Waals surface area contributed by atoms with Crippen LogP contribution in [0, 0.1) is 12.8 Å². The number of methoxy groups -OCH3 is 1. The van der Waals surface area contributed by atoms with Crippen LogP contribution in [0.15, 0.2) is 108 Å². The largest absolute Gasteiger partial charge is 0.495 e. The molecule has 0 saturated carbocycles. The molecule has 0 bridgehead atoms. The molecule has 4 rings (SSSR count). The van der Waals surface area contributed by atoms with Crippen molar-refractivity contribution in [1.29, 1.82) is 0 Å². The number of benzene rings is 4. The normalized spacial score (nSPS) is 12.0. The lowest BCUT2D eigenvalue weighted by Crippen LogP contribution is -2.53. The summed E-state index contributed by atoms with van der Waals surface area (Å²) in [6, 6.07) is 28.6. The zero-order chi connectivity index (χ0) is 33.3. The molecule has 8 nitrogen and oxygen atoms in total. The molecule has 1 N–H and O–H groups in total. The van der Waals surface area contributed by atoms with Crippen LogP contribution < -0.4 is 14.4 Å². The fraction of sp³-hybridized carbons (Fsp3) is 0.278.